The summed E-state index contributed by atoms with van der Waals surface area (Å²) >= 11 is 0. The van der Waals surface area contributed by atoms with E-state index in [9.17, 15) is 18.0 Å². The smallest absolute Gasteiger partial charge is 0.422 e. The van der Waals surface area contributed by atoms with Crippen LogP contribution in [-0.4, -0.2) is 25.2 Å². The lowest BCUT2D eigenvalue weighted by Gasteiger charge is -2.17. The van der Waals surface area contributed by atoms with Crippen molar-refractivity contribution in [2.75, 3.05) is 13.2 Å². The fourth-order valence-electron chi connectivity index (χ4n) is 2.85. The molecule has 1 aromatic rings. The van der Waals surface area contributed by atoms with E-state index in [0.29, 0.717) is 13.1 Å². The SMILES string of the molecule is Cl.NC[C@H]1CCC[C@H]1C(=O)NCc1ccc(OCC(F)(F)F)cc1. The average Bonchev–Trinajstić information content (AvgIpc) is 2.99. The molecule has 2 rings (SSSR count). The highest BCUT2D eigenvalue weighted by Crippen LogP contribution is 2.31. The maximum absolute atomic E-state index is 12.2. The lowest BCUT2D eigenvalue weighted by molar-refractivity contribution is -0.153. The van der Waals surface area contributed by atoms with Gasteiger partial charge in [-0.05, 0) is 43.0 Å². The van der Waals surface area contributed by atoms with Gasteiger partial charge in [-0.1, -0.05) is 18.6 Å². The molecule has 24 heavy (non-hydrogen) atoms. The van der Waals surface area contributed by atoms with Crippen molar-refractivity contribution < 1.29 is 22.7 Å². The molecule has 0 saturated heterocycles. The van der Waals surface area contributed by atoms with Gasteiger partial charge >= 0.3 is 6.18 Å². The molecule has 0 heterocycles. The number of rotatable bonds is 6. The molecule has 1 amide bonds. The van der Waals surface area contributed by atoms with Gasteiger partial charge in [0, 0.05) is 12.5 Å². The lowest BCUT2D eigenvalue weighted by atomic mass is 9.95. The zero-order valence-corrected chi connectivity index (χ0v) is 14.0. The monoisotopic (exact) mass is 366 g/mol. The average molecular weight is 367 g/mol. The number of amides is 1. The predicted octanol–water partition coefficient (Wildman–Crippen LogP) is 3.04. The summed E-state index contributed by atoms with van der Waals surface area (Å²) in [6.45, 7) is -0.458. The van der Waals surface area contributed by atoms with Crippen molar-refractivity contribution in [3.05, 3.63) is 29.8 Å². The highest BCUT2D eigenvalue weighted by atomic mass is 35.5. The minimum absolute atomic E-state index is 0. The van der Waals surface area contributed by atoms with Gasteiger partial charge in [-0.25, -0.2) is 0 Å². The molecule has 0 aromatic heterocycles. The number of nitrogens with two attached hydrogens (primary N) is 1. The van der Waals surface area contributed by atoms with E-state index in [1.807, 2.05) is 0 Å². The predicted molar refractivity (Wildman–Crippen MR) is 87.0 cm³/mol. The maximum Gasteiger partial charge on any atom is 0.422 e. The molecular weight excluding hydrogens is 345 g/mol. The van der Waals surface area contributed by atoms with Gasteiger partial charge in [-0.2, -0.15) is 13.2 Å². The summed E-state index contributed by atoms with van der Waals surface area (Å²) in [5.74, 6) is 0.356. The molecule has 136 valence electrons. The van der Waals surface area contributed by atoms with Crippen LogP contribution in [0.4, 0.5) is 13.2 Å². The fourth-order valence-corrected chi connectivity index (χ4v) is 2.85. The second-order valence-electron chi connectivity index (χ2n) is 5.80. The minimum Gasteiger partial charge on any atom is -0.484 e. The van der Waals surface area contributed by atoms with E-state index in [1.54, 1.807) is 12.1 Å². The largest absolute Gasteiger partial charge is 0.484 e. The van der Waals surface area contributed by atoms with Crippen LogP contribution < -0.4 is 15.8 Å². The van der Waals surface area contributed by atoms with Crippen LogP contribution >= 0.6 is 12.4 Å². The number of alkyl halides is 3. The first-order valence-electron chi connectivity index (χ1n) is 7.65. The molecule has 0 radical (unpaired) electrons. The van der Waals surface area contributed by atoms with Crippen LogP contribution in [0.3, 0.4) is 0 Å². The van der Waals surface area contributed by atoms with E-state index in [1.165, 1.54) is 12.1 Å². The topological polar surface area (TPSA) is 64.4 Å². The molecule has 1 fully saturated rings. The molecule has 4 nitrogen and oxygen atoms in total. The van der Waals surface area contributed by atoms with Crippen LogP contribution in [0.15, 0.2) is 24.3 Å². The molecule has 2 atom stereocenters. The quantitative estimate of drug-likeness (QED) is 0.813. The Morgan fingerprint density at radius 3 is 2.50 bits per heavy atom. The summed E-state index contributed by atoms with van der Waals surface area (Å²) in [4.78, 5) is 12.2. The third-order valence-corrected chi connectivity index (χ3v) is 4.09. The van der Waals surface area contributed by atoms with E-state index in [-0.39, 0.29) is 35.9 Å². The Balaban J connectivity index is 0.00000288. The Morgan fingerprint density at radius 1 is 1.25 bits per heavy atom. The molecule has 1 aliphatic rings. The standard InChI is InChI=1S/C16H21F3N2O2.ClH/c17-16(18,19)10-23-13-6-4-11(5-7-13)9-21-15(22)14-3-1-2-12(14)8-20;/h4-7,12,14H,1-3,8-10,20H2,(H,21,22);1H/t12-,14-;/m1./s1. The Kier molecular flexibility index (Phi) is 7.83. The fraction of sp³-hybridized carbons (Fsp3) is 0.562. The van der Waals surface area contributed by atoms with Gasteiger partial charge < -0.3 is 15.8 Å². The van der Waals surface area contributed by atoms with Gasteiger partial charge in [-0.15, -0.1) is 12.4 Å². The molecule has 0 spiro atoms. The number of nitrogens with one attached hydrogen (secondary N) is 1. The number of carbonyl (C=O) groups excluding carboxylic acids is 1. The van der Waals surface area contributed by atoms with Gasteiger partial charge in [-0.3, -0.25) is 4.79 Å². The van der Waals surface area contributed by atoms with Gasteiger partial charge in [0.1, 0.15) is 5.75 Å². The van der Waals surface area contributed by atoms with Crippen LogP contribution in [0.2, 0.25) is 0 Å². The number of ether oxygens (including phenoxy) is 1. The Hall–Kier alpha value is -1.47. The number of carbonyl (C=O) groups is 1. The molecule has 1 aromatic carbocycles. The van der Waals surface area contributed by atoms with Gasteiger partial charge in [0.2, 0.25) is 5.91 Å². The second kappa shape index (κ2) is 9.13. The summed E-state index contributed by atoms with van der Waals surface area (Å²) in [6, 6.07) is 6.21. The van der Waals surface area contributed by atoms with Crippen molar-refractivity contribution in [1.29, 1.82) is 0 Å². The van der Waals surface area contributed by atoms with E-state index in [4.69, 9.17) is 5.73 Å². The van der Waals surface area contributed by atoms with Crippen LogP contribution in [0.1, 0.15) is 24.8 Å². The highest BCUT2D eigenvalue weighted by Gasteiger charge is 2.31. The molecular formula is C16H22ClF3N2O2. The van der Waals surface area contributed by atoms with Crippen molar-refractivity contribution in [3.8, 4) is 5.75 Å². The van der Waals surface area contributed by atoms with Crippen molar-refractivity contribution in [3.63, 3.8) is 0 Å². The molecule has 0 aliphatic heterocycles. The van der Waals surface area contributed by atoms with Crippen molar-refractivity contribution in [1.82, 2.24) is 5.32 Å². The van der Waals surface area contributed by atoms with Crippen molar-refractivity contribution in [2.24, 2.45) is 17.6 Å². The Bertz CT molecular complexity index is 523. The number of halogens is 4. The summed E-state index contributed by atoms with van der Waals surface area (Å²) in [5, 5.41) is 2.87. The van der Waals surface area contributed by atoms with Crippen LogP contribution in [-0.2, 0) is 11.3 Å². The molecule has 8 heteroatoms. The van der Waals surface area contributed by atoms with Gasteiger partial charge in [0.15, 0.2) is 6.61 Å². The summed E-state index contributed by atoms with van der Waals surface area (Å²) in [6.07, 6.45) is -1.49. The zero-order chi connectivity index (χ0) is 16.9. The first-order chi connectivity index (χ1) is 10.9. The third kappa shape index (κ3) is 6.20. The molecule has 1 saturated carbocycles. The number of benzene rings is 1. The second-order valence-corrected chi connectivity index (χ2v) is 5.80. The van der Waals surface area contributed by atoms with Crippen LogP contribution in [0, 0.1) is 11.8 Å². The molecule has 1 aliphatic carbocycles. The van der Waals surface area contributed by atoms with E-state index in [2.05, 4.69) is 10.1 Å². The Labute approximate surface area is 145 Å². The lowest BCUT2D eigenvalue weighted by Crippen LogP contribution is -2.34. The third-order valence-electron chi connectivity index (χ3n) is 4.09. The van der Waals surface area contributed by atoms with Crippen LogP contribution in [0.25, 0.3) is 0 Å². The minimum atomic E-state index is -4.35. The maximum atomic E-state index is 12.2. The highest BCUT2D eigenvalue weighted by molar-refractivity contribution is 5.85. The number of hydrogen-bond donors (Lipinski definition) is 2. The molecule has 0 bridgehead atoms. The van der Waals surface area contributed by atoms with E-state index < -0.39 is 12.8 Å². The van der Waals surface area contributed by atoms with Crippen molar-refractivity contribution >= 4 is 18.3 Å². The summed E-state index contributed by atoms with van der Waals surface area (Å²) < 4.78 is 40.8. The summed E-state index contributed by atoms with van der Waals surface area (Å²) in [7, 11) is 0. The van der Waals surface area contributed by atoms with Gasteiger partial charge in [0.25, 0.3) is 0 Å². The van der Waals surface area contributed by atoms with Gasteiger partial charge in [0.05, 0.1) is 0 Å². The summed E-state index contributed by atoms with van der Waals surface area (Å²) in [5.41, 5.74) is 6.48. The molecule has 0 unspecified atom stereocenters. The first kappa shape index (κ1) is 20.6. The zero-order valence-electron chi connectivity index (χ0n) is 13.1. The van der Waals surface area contributed by atoms with Crippen molar-refractivity contribution in [2.45, 2.75) is 32.0 Å². The normalized spacial score (nSPS) is 20.3. The number of hydrogen-bond acceptors (Lipinski definition) is 3. The van der Waals surface area contributed by atoms with Crippen LogP contribution in [0.5, 0.6) is 5.75 Å². The molecule has 3 N–H and O–H groups in total. The van der Waals surface area contributed by atoms with E-state index >= 15 is 0 Å². The first-order valence-corrected chi connectivity index (χ1v) is 7.65. The Morgan fingerprint density at radius 2 is 1.92 bits per heavy atom. The van der Waals surface area contributed by atoms with E-state index in [0.717, 1.165) is 24.8 Å².